The summed E-state index contributed by atoms with van der Waals surface area (Å²) in [5.74, 6) is -3.43. The third-order valence-corrected chi connectivity index (χ3v) is 1.18. The number of aromatic nitrogens is 1. The zero-order valence-corrected chi connectivity index (χ0v) is 5.82. The van der Waals surface area contributed by atoms with Crippen LogP contribution in [0.3, 0.4) is 0 Å². The Balaban J connectivity index is 2.98. The highest BCUT2D eigenvalue weighted by Crippen LogP contribution is 1.99. The molecule has 62 valence electrons. The van der Waals surface area contributed by atoms with Gasteiger partial charge in [0.15, 0.2) is 0 Å². The van der Waals surface area contributed by atoms with Crippen LogP contribution in [0.1, 0.15) is 10.4 Å². The predicted octanol–water partition coefficient (Wildman–Crippen LogP) is 0.488. The van der Waals surface area contributed by atoms with Crippen molar-refractivity contribution in [1.29, 1.82) is 0 Å². The number of nitrogens with zero attached hydrogens (tertiary/aromatic N) is 1. The van der Waals surface area contributed by atoms with Crippen LogP contribution < -0.4 is 0 Å². The number of carbonyl (C=O) groups excluding carboxylic acids is 1. The first kappa shape index (κ1) is 8.32. The first-order valence-corrected chi connectivity index (χ1v) is 3.00. The van der Waals surface area contributed by atoms with Crippen LogP contribution in [-0.4, -0.2) is 21.8 Å². The first-order chi connectivity index (χ1) is 5.61. The molecule has 1 aromatic heterocycles. The third-order valence-electron chi connectivity index (χ3n) is 1.18. The van der Waals surface area contributed by atoms with Gasteiger partial charge in [0.25, 0.3) is 5.78 Å². The summed E-state index contributed by atoms with van der Waals surface area (Å²) >= 11 is 0. The summed E-state index contributed by atoms with van der Waals surface area (Å²) in [4.78, 5) is 23.9. The number of pyridine rings is 1. The number of carboxylic acids is 1. The van der Waals surface area contributed by atoms with Crippen molar-refractivity contribution in [3.8, 4) is 0 Å². The average molecular weight is 169 g/mol. The van der Waals surface area contributed by atoms with Gasteiger partial charge in [0.2, 0.25) is 5.95 Å². The minimum atomic E-state index is -1.58. The summed E-state index contributed by atoms with van der Waals surface area (Å²) < 4.78 is 12.2. The molecule has 0 unspecified atom stereocenters. The zero-order valence-electron chi connectivity index (χ0n) is 5.82. The second-order valence-electron chi connectivity index (χ2n) is 2.00. The molecule has 1 N–H and O–H groups in total. The maximum atomic E-state index is 12.2. The Morgan fingerprint density at radius 1 is 1.42 bits per heavy atom. The molecule has 0 aliphatic heterocycles. The molecule has 1 rings (SSSR count). The largest absolute Gasteiger partial charge is 0.475 e. The van der Waals surface area contributed by atoms with Crippen molar-refractivity contribution < 1.29 is 19.1 Å². The van der Waals surface area contributed by atoms with Crippen LogP contribution in [0.15, 0.2) is 18.3 Å². The van der Waals surface area contributed by atoms with E-state index in [9.17, 15) is 14.0 Å². The summed E-state index contributed by atoms with van der Waals surface area (Å²) in [5.41, 5.74) is -0.135. The molecular weight excluding hydrogens is 165 g/mol. The summed E-state index contributed by atoms with van der Waals surface area (Å²) in [6, 6.07) is 2.00. The number of aliphatic carboxylic acids is 1. The van der Waals surface area contributed by atoms with E-state index in [0.29, 0.717) is 0 Å². The highest BCUT2D eigenvalue weighted by Gasteiger charge is 2.14. The fourth-order valence-corrected chi connectivity index (χ4v) is 0.634. The maximum Gasteiger partial charge on any atom is 0.377 e. The Bertz CT molecular complexity index is 320. The van der Waals surface area contributed by atoms with Crippen molar-refractivity contribution in [2.75, 3.05) is 0 Å². The van der Waals surface area contributed by atoms with Gasteiger partial charge in [0.1, 0.15) is 0 Å². The number of Topliss-reactive ketones (excluding diaryl/α,β-unsaturated/α-hetero) is 1. The van der Waals surface area contributed by atoms with E-state index < -0.39 is 17.7 Å². The number of halogens is 1. The average Bonchev–Trinajstić information content (AvgIpc) is 2.04. The van der Waals surface area contributed by atoms with Crippen LogP contribution in [0.25, 0.3) is 0 Å². The molecule has 0 saturated heterocycles. The molecule has 0 fully saturated rings. The normalized spacial score (nSPS) is 9.42. The SMILES string of the molecule is O=C(O)C(=O)c1ccc(F)nc1. The van der Waals surface area contributed by atoms with Gasteiger partial charge in [-0.05, 0) is 12.1 Å². The molecule has 0 aliphatic rings. The second kappa shape index (κ2) is 3.08. The Morgan fingerprint density at radius 2 is 2.08 bits per heavy atom. The summed E-state index contributed by atoms with van der Waals surface area (Å²) in [6.45, 7) is 0. The Kier molecular flexibility index (Phi) is 2.14. The van der Waals surface area contributed by atoms with E-state index in [2.05, 4.69) is 4.98 Å². The van der Waals surface area contributed by atoms with Crippen molar-refractivity contribution in [2.24, 2.45) is 0 Å². The Hall–Kier alpha value is -1.78. The molecule has 0 aromatic carbocycles. The van der Waals surface area contributed by atoms with E-state index in [1.165, 1.54) is 0 Å². The summed E-state index contributed by atoms with van der Waals surface area (Å²) in [7, 11) is 0. The monoisotopic (exact) mass is 169 g/mol. The van der Waals surface area contributed by atoms with Crippen molar-refractivity contribution in [3.63, 3.8) is 0 Å². The molecule has 4 nitrogen and oxygen atoms in total. The van der Waals surface area contributed by atoms with Crippen LogP contribution in [0.4, 0.5) is 4.39 Å². The fraction of sp³-hybridized carbons (Fsp3) is 0. The van der Waals surface area contributed by atoms with Gasteiger partial charge in [-0.2, -0.15) is 4.39 Å². The molecule has 1 aromatic rings. The van der Waals surface area contributed by atoms with Gasteiger partial charge >= 0.3 is 5.97 Å². The van der Waals surface area contributed by atoms with Crippen LogP contribution in [0.2, 0.25) is 0 Å². The quantitative estimate of drug-likeness (QED) is 0.397. The number of carbonyl (C=O) groups is 2. The number of carboxylic acid groups (broad SMARTS) is 1. The lowest BCUT2D eigenvalue weighted by Crippen LogP contribution is -2.12. The number of hydrogen-bond donors (Lipinski definition) is 1. The van der Waals surface area contributed by atoms with E-state index in [-0.39, 0.29) is 5.56 Å². The minimum absolute atomic E-state index is 0.135. The lowest BCUT2D eigenvalue weighted by Gasteiger charge is -1.92. The molecule has 0 amide bonds. The van der Waals surface area contributed by atoms with Crippen LogP contribution >= 0.6 is 0 Å². The van der Waals surface area contributed by atoms with E-state index in [1.807, 2.05) is 0 Å². The summed E-state index contributed by atoms with van der Waals surface area (Å²) in [5, 5.41) is 8.23. The molecule has 0 spiro atoms. The molecule has 0 atom stereocenters. The molecule has 0 radical (unpaired) electrons. The minimum Gasteiger partial charge on any atom is -0.475 e. The topological polar surface area (TPSA) is 67.3 Å². The standard InChI is InChI=1S/C7H4FNO3/c8-5-2-1-4(3-9-5)6(10)7(11)12/h1-3H,(H,11,12). The van der Waals surface area contributed by atoms with Crippen LogP contribution in [0.5, 0.6) is 0 Å². The van der Waals surface area contributed by atoms with Gasteiger partial charge < -0.3 is 5.11 Å². The lowest BCUT2D eigenvalue weighted by molar-refractivity contribution is -0.131. The van der Waals surface area contributed by atoms with Crippen molar-refractivity contribution >= 4 is 11.8 Å². The molecule has 12 heavy (non-hydrogen) atoms. The third kappa shape index (κ3) is 1.63. The van der Waals surface area contributed by atoms with Gasteiger partial charge in [-0.15, -0.1) is 0 Å². The molecule has 0 aliphatic carbocycles. The smallest absolute Gasteiger partial charge is 0.377 e. The molecule has 1 heterocycles. The van der Waals surface area contributed by atoms with E-state index >= 15 is 0 Å². The molecular formula is C7H4FNO3. The number of hydrogen-bond acceptors (Lipinski definition) is 3. The van der Waals surface area contributed by atoms with Crippen molar-refractivity contribution in [3.05, 3.63) is 29.8 Å². The Labute approximate surface area is 66.7 Å². The second-order valence-corrected chi connectivity index (χ2v) is 2.00. The fourth-order valence-electron chi connectivity index (χ4n) is 0.634. The van der Waals surface area contributed by atoms with E-state index in [4.69, 9.17) is 5.11 Å². The maximum absolute atomic E-state index is 12.2. The highest BCUT2D eigenvalue weighted by molar-refractivity contribution is 6.39. The Morgan fingerprint density at radius 3 is 2.50 bits per heavy atom. The number of ketones is 1. The van der Waals surface area contributed by atoms with E-state index in [0.717, 1.165) is 18.3 Å². The van der Waals surface area contributed by atoms with E-state index in [1.54, 1.807) is 0 Å². The number of rotatable bonds is 2. The summed E-state index contributed by atoms with van der Waals surface area (Å²) in [6.07, 6.45) is 0.881. The van der Waals surface area contributed by atoms with Crippen LogP contribution in [-0.2, 0) is 4.79 Å². The van der Waals surface area contributed by atoms with Gasteiger partial charge in [0.05, 0.1) is 0 Å². The van der Waals surface area contributed by atoms with Gasteiger partial charge in [-0.1, -0.05) is 0 Å². The first-order valence-electron chi connectivity index (χ1n) is 3.00. The highest BCUT2D eigenvalue weighted by atomic mass is 19.1. The van der Waals surface area contributed by atoms with Crippen LogP contribution in [0, 0.1) is 5.95 Å². The zero-order chi connectivity index (χ0) is 9.14. The van der Waals surface area contributed by atoms with Crippen molar-refractivity contribution in [1.82, 2.24) is 4.98 Å². The van der Waals surface area contributed by atoms with Gasteiger partial charge in [0, 0.05) is 11.8 Å². The molecule has 0 saturated carbocycles. The van der Waals surface area contributed by atoms with Crippen molar-refractivity contribution in [2.45, 2.75) is 0 Å². The molecule has 5 heteroatoms. The lowest BCUT2D eigenvalue weighted by atomic mass is 10.2. The molecule has 0 bridgehead atoms. The van der Waals surface area contributed by atoms with Gasteiger partial charge in [-0.25, -0.2) is 9.78 Å². The predicted molar refractivity (Wildman–Crippen MR) is 36.2 cm³/mol. The van der Waals surface area contributed by atoms with Gasteiger partial charge in [-0.3, -0.25) is 4.79 Å².